The maximum absolute atomic E-state index is 5.64. The highest BCUT2D eigenvalue weighted by molar-refractivity contribution is 6.30. The van der Waals surface area contributed by atoms with Gasteiger partial charge in [-0.2, -0.15) is 0 Å². The first kappa shape index (κ1) is 9.07. The number of aryl methyl sites for hydroxylation is 2. The Bertz CT molecular complexity index is 441. The molecule has 0 bridgehead atoms. The molecule has 0 unspecified atom stereocenters. The zero-order valence-corrected chi connectivity index (χ0v) is 8.36. The van der Waals surface area contributed by atoms with E-state index in [4.69, 9.17) is 7.85 Å². The largest absolute Gasteiger partial charge is 0.303 e. The molecule has 0 aliphatic carbocycles. The number of aromatic nitrogens is 2. The van der Waals surface area contributed by atoms with E-state index in [-0.39, 0.29) is 0 Å². The first-order valence-electron chi connectivity index (χ1n) is 4.56. The molecule has 2 nitrogen and oxygen atoms in total. The zero-order chi connectivity index (χ0) is 10.1. The molecule has 0 saturated carbocycles. The van der Waals surface area contributed by atoms with Crippen molar-refractivity contribution < 1.29 is 0 Å². The quantitative estimate of drug-likeness (QED) is 0.607. The van der Waals surface area contributed by atoms with Crippen molar-refractivity contribution in [3.63, 3.8) is 0 Å². The van der Waals surface area contributed by atoms with E-state index in [9.17, 15) is 0 Å². The standard InChI is InChI=1S/C11H11BN2/c1-8-6-7-9(2)14(8)11-5-3-4-10(12)13-11/h3-7H,1-2H3. The van der Waals surface area contributed by atoms with Crippen LogP contribution >= 0.6 is 0 Å². The summed E-state index contributed by atoms with van der Waals surface area (Å²) >= 11 is 0. The van der Waals surface area contributed by atoms with E-state index in [2.05, 4.69) is 35.5 Å². The highest BCUT2D eigenvalue weighted by Gasteiger charge is 2.03. The smallest absolute Gasteiger partial charge is 0.141 e. The summed E-state index contributed by atoms with van der Waals surface area (Å²) in [5, 5.41) is 0. The first-order valence-corrected chi connectivity index (χ1v) is 4.56. The van der Waals surface area contributed by atoms with Crippen molar-refractivity contribution in [3.05, 3.63) is 41.7 Å². The lowest BCUT2D eigenvalue weighted by molar-refractivity contribution is 0.928. The van der Waals surface area contributed by atoms with Crippen LogP contribution in [0.3, 0.4) is 0 Å². The summed E-state index contributed by atoms with van der Waals surface area (Å²) in [4.78, 5) is 4.28. The van der Waals surface area contributed by atoms with Gasteiger partial charge in [-0.1, -0.05) is 12.1 Å². The topological polar surface area (TPSA) is 17.8 Å². The van der Waals surface area contributed by atoms with E-state index in [0.717, 1.165) is 5.82 Å². The number of hydrogen-bond acceptors (Lipinski definition) is 1. The van der Waals surface area contributed by atoms with Gasteiger partial charge in [0.2, 0.25) is 0 Å². The molecule has 2 aromatic rings. The molecule has 2 heterocycles. The van der Waals surface area contributed by atoms with Crippen LogP contribution in [0.25, 0.3) is 5.82 Å². The summed E-state index contributed by atoms with van der Waals surface area (Å²) in [5.74, 6) is 0.880. The Morgan fingerprint density at radius 1 is 1.07 bits per heavy atom. The van der Waals surface area contributed by atoms with E-state index in [1.165, 1.54) is 11.4 Å². The third-order valence-corrected chi connectivity index (χ3v) is 2.26. The predicted molar refractivity (Wildman–Crippen MR) is 58.4 cm³/mol. The van der Waals surface area contributed by atoms with Crippen molar-refractivity contribution >= 4 is 13.4 Å². The molecule has 2 aromatic heterocycles. The molecule has 3 heteroatoms. The average Bonchev–Trinajstić information content (AvgIpc) is 2.46. The summed E-state index contributed by atoms with van der Waals surface area (Å²) < 4.78 is 2.08. The molecule has 14 heavy (non-hydrogen) atoms. The van der Waals surface area contributed by atoms with Crippen LogP contribution in [0.15, 0.2) is 30.3 Å². The minimum Gasteiger partial charge on any atom is -0.303 e. The third-order valence-electron chi connectivity index (χ3n) is 2.26. The molecule has 0 fully saturated rings. The van der Waals surface area contributed by atoms with Crippen LogP contribution < -0.4 is 5.59 Å². The molecule has 0 spiro atoms. The molecule has 2 rings (SSSR count). The lowest BCUT2D eigenvalue weighted by Gasteiger charge is -2.08. The van der Waals surface area contributed by atoms with Crippen LogP contribution in [0.4, 0.5) is 0 Å². The van der Waals surface area contributed by atoms with Crippen molar-refractivity contribution in [2.24, 2.45) is 0 Å². The van der Waals surface area contributed by atoms with Gasteiger partial charge in [-0.25, -0.2) is 4.98 Å². The van der Waals surface area contributed by atoms with E-state index >= 15 is 0 Å². The lowest BCUT2D eigenvalue weighted by Crippen LogP contribution is -2.12. The SMILES string of the molecule is [B]c1cccc(-n2c(C)ccc2C)n1. The first-order chi connectivity index (χ1) is 6.68. The van der Waals surface area contributed by atoms with Gasteiger partial charge >= 0.3 is 0 Å². The van der Waals surface area contributed by atoms with Crippen molar-refractivity contribution in [2.75, 3.05) is 0 Å². The molecular weight excluding hydrogens is 171 g/mol. The van der Waals surface area contributed by atoms with Gasteiger partial charge < -0.3 is 4.57 Å². The van der Waals surface area contributed by atoms with Crippen LogP contribution in [0, 0.1) is 13.8 Å². The molecule has 0 atom stereocenters. The van der Waals surface area contributed by atoms with Gasteiger partial charge in [0.25, 0.3) is 0 Å². The normalized spacial score (nSPS) is 10.4. The fourth-order valence-corrected chi connectivity index (χ4v) is 1.59. The molecule has 0 aromatic carbocycles. The summed E-state index contributed by atoms with van der Waals surface area (Å²) in [6.45, 7) is 4.11. The van der Waals surface area contributed by atoms with Gasteiger partial charge in [-0.05, 0) is 37.6 Å². The molecule has 68 valence electrons. The van der Waals surface area contributed by atoms with Gasteiger partial charge in [0.1, 0.15) is 13.7 Å². The molecule has 0 aliphatic rings. The Morgan fingerprint density at radius 2 is 1.71 bits per heavy atom. The molecule has 0 N–H and O–H groups in total. The van der Waals surface area contributed by atoms with Gasteiger partial charge in [-0.15, -0.1) is 0 Å². The van der Waals surface area contributed by atoms with Crippen molar-refractivity contribution in [1.29, 1.82) is 0 Å². The van der Waals surface area contributed by atoms with Crippen LogP contribution in [0.1, 0.15) is 11.4 Å². The second-order valence-corrected chi connectivity index (χ2v) is 3.37. The molecule has 0 amide bonds. The number of nitrogens with zero attached hydrogens (tertiary/aromatic N) is 2. The van der Waals surface area contributed by atoms with Crippen LogP contribution in [-0.4, -0.2) is 17.4 Å². The Labute approximate surface area is 85.0 Å². The van der Waals surface area contributed by atoms with Crippen LogP contribution in [0.5, 0.6) is 0 Å². The highest BCUT2D eigenvalue weighted by atomic mass is 15.1. The second kappa shape index (κ2) is 3.33. The third kappa shape index (κ3) is 1.46. The summed E-state index contributed by atoms with van der Waals surface area (Å²) in [6, 6.07) is 9.80. The van der Waals surface area contributed by atoms with E-state index in [1.54, 1.807) is 6.07 Å². The van der Waals surface area contributed by atoms with Crippen LogP contribution in [-0.2, 0) is 0 Å². The van der Waals surface area contributed by atoms with Crippen LogP contribution in [0.2, 0.25) is 0 Å². The minimum absolute atomic E-state index is 0.551. The number of rotatable bonds is 1. The Hall–Kier alpha value is -1.51. The number of pyridine rings is 1. The highest BCUT2D eigenvalue weighted by Crippen LogP contribution is 2.12. The fraction of sp³-hybridized carbons (Fsp3) is 0.182. The maximum atomic E-state index is 5.64. The maximum Gasteiger partial charge on any atom is 0.141 e. The number of hydrogen-bond donors (Lipinski definition) is 0. The fourth-order valence-electron chi connectivity index (χ4n) is 1.59. The Balaban J connectivity index is 2.59. The molecule has 0 aliphatic heterocycles. The van der Waals surface area contributed by atoms with Crippen molar-refractivity contribution in [1.82, 2.24) is 9.55 Å². The minimum atomic E-state index is 0.551. The van der Waals surface area contributed by atoms with Gasteiger partial charge in [-0.3, -0.25) is 0 Å². The molecule has 0 saturated heterocycles. The van der Waals surface area contributed by atoms with Crippen molar-refractivity contribution in [3.8, 4) is 5.82 Å². The second-order valence-electron chi connectivity index (χ2n) is 3.37. The van der Waals surface area contributed by atoms with E-state index < -0.39 is 0 Å². The van der Waals surface area contributed by atoms with E-state index in [0.29, 0.717) is 5.59 Å². The van der Waals surface area contributed by atoms with Gasteiger partial charge in [0.15, 0.2) is 0 Å². The van der Waals surface area contributed by atoms with Gasteiger partial charge in [0.05, 0.1) is 0 Å². The summed E-state index contributed by atoms with van der Waals surface area (Å²) in [5.41, 5.74) is 2.89. The molecule has 2 radical (unpaired) electrons. The average molecular weight is 182 g/mol. The summed E-state index contributed by atoms with van der Waals surface area (Å²) in [7, 11) is 5.64. The Morgan fingerprint density at radius 3 is 2.29 bits per heavy atom. The van der Waals surface area contributed by atoms with E-state index in [1.807, 2.05) is 12.1 Å². The lowest BCUT2D eigenvalue weighted by atomic mass is 10.0. The zero-order valence-electron chi connectivity index (χ0n) is 8.36. The molecular formula is C11H11BN2. The van der Waals surface area contributed by atoms with Crippen molar-refractivity contribution in [2.45, 2.75) is 13.8 Å². The predicted octanol–water partition coefficient (Wildman–Crippen LogP) is 1.28. The van der Waals surface area contributed by atoms with Gasteiger partial charge in [0, 0.05) is 11.4 Å². The summed E-state index contributed by atoms with van der Waals surface area (Å²) in [6.07, 6.45) is 0. The Kier molecular flexibility index (Phi) is 2.16. The monoisotopic (exact) mass is 182 g/mol.